The summed E-state index contributed by atoms with van der Waals surface area (Å²) in [6, 6.07) is 0.840. The van der Waals surface area contributed by atoms with Crippen molar-refractivity contribution in [2.75, 3.05) is 26.7 Å². The second kappa shape index (κ2) is 6.91. The minimum absolute atomic E-state index is 0.651. The molecule has 1 saturated carbocycles. The molecular formula is C16H32N2. The molecule has 1 saturated heterocycles. The summed E-state index contributed by atoms with van der Waals surface area (Å²) in [6.07, 6.45) is 12.8. The highest BCUT2D eigenvalue weighted by Gasteiger charge is 2.31. The Balaban J connectivity index is 1.63. The molecule has 0 aromatic carbocycles. The number of likely N-dealkylation sites (tertiary alicyclic amines) is 1. The molecule has 2 rings (SSSR count). The topological polar surface area (TPSA) is 15.3 Å². The first kappa shape index (κ1) is 14.3. The zero-order valence-electron chi connectivity index (χ0n) is 12.5. The fraction of sp³-hybridized carbons (Fsp3) is 1.00. The van der Waals surface area contributed by atoms with Crippen LogP contribution in [0.4, 0.5) is 0 Å². The summed E-state index contributed by atoms with van der Waals surface area (Å²) in [5.41, 5.74) is 0.651. The summed E-state index contributed by atoms with van der Waals surface area (Å²) < 4.78 is 0. The molecule has 0 bridgehead atoms. The second-order valence-corrected chi connectivity index (χ2v) is 6.66. The Bertz CT molecular complexity index is 233. The average molecular weight is 252 g/mol. The molecule has 0 aromatic rings. The third-order valence-electron chi connectivity index (χ3n) is 5.49. The standard InChI is InChI=1S/C16H32N2/c1-3-16(10-5-6-11-16)14-17-12-9-15-8-4-7-13-18(15)2/h15,17H,3-14H2,1-2H3. The van der Waals surface area contributed by atoms with E-state index in [0.717, 1.165) is 6.04 Å². The Morgan fingerprint density at radius 1 is 1.17 bits per heavy atom. The van der Waals surface area contributed by atoms with Crippen LogP contribution in [0, 0.1) is 5.41 Å². The van der Waals surface area contributed by atoms with E-state index in [-0.39, 0.29) is 0 Å². The first-order chi connectivity index (χ1) is 8.76. The first-order valence-corrected chi connectivity index (χ1v) is 8.17. The fourth-order valence-electron chi connectivity index (χ4n) is 3.91. The molecule has 1 aliphatic heterocycles. The van der Waals surface area contributed by atoms with Crippen molar-refractivity contribution in [3.8, 4) is 0 Å². The maximum atomic E-state index is 3.76. The van der Waals surface area contributed by atoms with Gasteiger partial charge in [-0.05, 0) is 64.1 Å². The number of nitrogens with one attached hydrogen (secondary N) is 1. The van der Waals surface area contributed by atoms with Crippen LogP contribution in [-0.4, -0.2) is 37.6 Å². The van der Waals surface area contributed by atoms with Crippen LogP contribution in [-0.2, 0) is 0 Å². The molecule has 2 fully saturated rings. The van der Waals surface area contributed by atoms with Crippen LogP contribution in [0.25, 0.3) is 0 Å². The molecule has 106 valence electrons. The molecule has 2 nitrogen and oxygen atoms in total. The molecule has 2 heteroatoms. The lowest BCUT2D eigenvalue weighted by Gasteiger charge is -2.33. The lowest BCUT2D eigenvalue weighted by atomic mass is 9.83. The van der Waals surface area contributed by atoms with Crippen LogP contribution in [0.3, 0.4) is 0 Å². The van der Waals surface area contributed by atoms with E-state index in [1.807, 2.05) is 0 Å². The number of piperidine rings is 1. The SMILES string of the molecule is CCC1(CNCCC2CCCCN2C)CCCC1. The van der Waals surface area contributed by atoms with E-state index < -0.39 is 0 Å². The zero-order chi connectivity index (χ0) is 12.8. The summed E-state index contributed by atoms with van der Waals surface area (Å²) in [7, 11) is 2.30. The van der Waals surface area contributed by atoms with Gasteiger partial charge < -0.3 is 10.2 Å². The number of hydrogen-bond acceptors (Lipinski definition) is 2. The lowest BCUT2D eigenvalue weighted by molar-refractivity contribution is 0.172. The van der Waals surface area contributed by atoms with E-state index in [1.165, 1.54) is 77.4 Å². The molecule has 1 aliphatic carbocycles. The van der Waals surface area contributed by atoms with Crippen LogP contribution in [0.2, 0.25) is 0 Å². The Hall–Kier alpha value is -0.0800. The second-order valence-electron chi connectivity index (χ2n) is 6.66. The first-order valence-electron chi connectivity index (χ1n) is 8.17. The van der Waals surface area contributed by atoms with Crippen molar-refractivity contribution in [1.82, 2.24) is 10.2 Å². The predicted octanol–water partition coefficient (Wildman–Crippen LogP) is 3.42. The molecule has 0 aromatic heterocycles. The van der Waals surface area contributed by atoms with Gasteiger partial charge in [0.05, 0.1) is 0 Å². The summed E-state index contributed by atoms with van der Waals surface area (Å²) >= 11 is 0. The molecule has 18 heavy (non-hydrogen) atoms. The highest BCUT2D eigenvalue weighted by atomic mass is 15.1. The third-order valence-corrected chi connectivity index (χ3v) is 5.49. The van der Waals surface area contributed by atoms with E-state index in [2.05, 4.69) is 24.2 Å². The van der Waals surface area contributed by atoms with E-state index in [4.69, 9.17) is 0 Å². The monoisotopic (exact) mass is 252 g/mol. The van der Waals surface area contributed by atoms with E-state index >= 15 is 0 Å². The van der Waals surface area contributed by atoms with Gasteiger partial charge in [-0.25, -0.2) is 0 Å². The van der Waals surface area contributed by atoms with Crippen molar-refractivity contribution >= 4 is 0 Å². The molecule has 1 heterocycles. The predicted molar refractivity (Wildman–Crippen MR) is 78.9 cm³/mol. The minimum Gasteiger partial charge on any atom is -0.316 e. The van der Waals surface area contributed by atoms with Crippen LogP contribution in [0.1, 0.15) is 64.7 Å². The zero-order valence-corrected chi connectivity index (χ0v) is 12.5. The Morgan fingerprint density at radius 2 is 1.94 bits per heavy atom. The normalized spacial score (nSPS) is 28.7. The Kier molecular flexibility index (Phi) is 5.50. The Labute approximate surface area is 114 Å². The van der Waals surface area contributed by atoms with Gasteiger partial charge in [0.2, 0.25) is 0 Å². The van der Waals surface area contributed by atoms with Gasteiger partial charge in [-0.3, -0.25) is 0 Å². The minimum atomic E-state index is 0.651. The van der Waals surface area contributed by atoms with E-state index in [1.54, 1.807) is 0 Å². The molecule has 0 radical (unpaired) electrons. The van der Waals surface area contributed by atoms with Gasteiger partial charge in [0.15, 0.2) is 0 Å². The number of nitrogens with zero attached hydrogens (tertiary/aromatic N) is 1. The van der Waals surface area contributed by atoms with Crippen molar-refractivity contribution in [2.24, 2.45) is 5.41 Å². The van der Waals surface area contributed by atoms with Gasteiger partial charge in [0.1, 0.15) is 0 Å². The Morgan fingerprint density at radius 3 is 2.61 bits per heavy atom. The maximum absolute atomic E-state index is 3.76. The highest BCUT2D eigenvalue weighted by Crippen LogP contribution is 2.40. The highest BCUT2D eigenvalue weighted by molar-refractivity contribution is 4.85. The van der Waals surface area contributed by atoms with Crippen LogP contribution in [0.15, 0.2) is 0 Å². The number of hydrogen-bond donors (Lipinski definition) is 1. The summed E-state index contributed by atoms with van der Waals surface area (Å²) in [4.78, 5) is 2.57. The van der Waals surface area contributed by atoms with E-state index in [9.17, 15) is 0 Å². The maximum Gasteiger partial charge on any atom is 0.0104 e. The van der Waals surface area contributed by atoms with Crippen molar-refractivity contribution < 1.29 is 0 Å². The molecular weight excluding hydrogens is 220 g/mol. The van der Waals surface area contributed by atoms with Gasteiger partial charge in [0, 0.05) is 12.6 Å². The number of rotatable bonds is 6. The van der Waals surface area contributed by atoms with Gasteiger partial charge in [-0.1, -0.05) is 26.2 Å². The summed E-state index contributed by atoms with van der Waals surface area (Å²) in [6.45, 7) is 6.17. The third kappa shape index (κ3) is 3.71. The van der Waals surface area contributed by atoms with Gasteiger partial charge in [-0.2, -0.15) is 0 Å². The lowest BCUT2D eigenvalue weighted by Crippen LogP contribution is -2.39. The van der Waals surface area contributed by atoms with Crippen molar-refractivity contribution in [2.45, 2.75) is 70.8 Å². The van der Waals surface area contributed by atoms with Gasteiger partial charge in [0.25, 0.3) is 0 Å². The fourth-order valence-corrected chi connectivity index (χ4v) is 3.91. The summed E-state index contributed by atoms with van der Waals surface area (Å²) in [5, 5.41) is 3.76. The summed E-state index contributed by atoms with van der Waals surface area (Å²) in [5.74, 6) is 0. The van der Waals surface area contributed by atoms with Crippen LogP contribution in [0.5, 0.6) is 0 Å². The van der Waals surface area contributed by atoms with Crippen molar-refractivity contribution in [1.29, 1.82) is 0 Å². The molecule has 0 amide bonds. The van der Waals surface area contributed by atoms with Crippen molar-refractivity contribution in [3.63, 3.8) is 0 Å². The molecule has 1 atom stereocenters. The quantitative estimate of drug-likeness (QED) is 0.729. The largest absolute Gasteiger partial charge is 0.316 e. The molecule has 1 unspecified atom stereocenters. The van der Waals surface area contributed by atoms with Crippen LogP contribution < -0.4 is 5.32 Å². The smallest absolute Gasteiger partial charge is 0.0104 e. The van der Waals surface area contributed by atoms with E-state index in [0.29, 0.717) is 5.41 Å². The molecule has 1 N–H and O–H groups in total. The van der Waals surface area contributed by atoms with Gasteiger partial charge >= 0.3 is 0 Å². The van der Waals surface area contributed by atoms with Crippen LogP contribution >= 0.6 is 0 Å². The average Bonchev–Trinajstić information content (AvgIpc) is 2.86. The molecule has 2 aliphatic rings. The van der Waals surface area contributed by atoms with Crippen molar-refractivity contribution in [3.05, 3.63) is 0 Å². The molecule has 0 spiro atoms. The van der Waals surface area contributed by atoms with Gasteiger partial charge in [-0.15, -0.1) is 0 Å².